The number of rotatable bonds is 2. The molecular weight excluding hydrogens is 142 g/mol. The second kappa shape index (κ2) is 2.38. The molecule has 1 saturated carbocycles. The minimum atomic E-state index is 0.285. The summed E-state index contributed by atoms with van der Waals surface area (Å²) in [4.78, 5) is 7.60. The number of ether oxygens (including phenoxy) is 1. The third-order valence-corrected chi connectivity index (χ3v) is 1.48. The topological polar surface area (TPSA) is 61.0 Å². The number of nitrogens with two attached hydrogens (primary N) is 1. The summed E-state index contributed by atoms with van der Waals surface area (Å²) in [6, 6.07) is 0. The molecular formula is C7H9N3O. The van der Waals surface area contributed by atoms with Gasteiger partial charge in [-0.2, -0.15) is 0 Å². The number of aromatic nitrogens is 2. The van der Waals surface area contributed by atoms with E-state index in [0.717, 1.165) is 12.8 Å². The van der Waals surface area contributed by atoms with Gasteiger partial charge in [-0.15, -0.1) is 0 Å². The van der Waals surface area contributed by atoms with Gasteiger partial charge in [0, 0.05) is 0 Å². The van der Waals surface area contributed by atoms with E-state index >= 15 is 0 Å². The van der Waals surface area contributed by atoms with E-state index in [-0.39, 0.29) is 5.95 Å². The highest BCUT2D eigenvalue weighted by Crippen LogP contribution is 2.25. The van der Waals surface area contributed by atoms with Crippen LogP contribution in [0.15, 0.2) is 12.4 Å². The Morgan fingerprint density at radius 2 is 2.00 bits per heavy atom. The monoisotopic (exact) mass is 151 g/mol. The molecule has 58 valence electrons. The molecule has 0 aliphatic heterocycles. The maximum atomic E-state index is 5.40. The summed E-state index contributed by atoms with van der Waals surface area (Å²) in [5, 5.41) is 0. The highest BCUT2D eigenvalue weighted by molar-refractivity contribution is 5.21. The van der Waals surface area contributed by atoms with Gasteiger partial charge in [0.15, 0.2) is 5.75 Å². The van der Waals surface area contributed by atoms with Crippen LogP contribution in [-0.2, 0) is 0 Å². The first-order chi connectivity index (χ1) is 5.34. The maximum absolute atomic E-state index is 5.40. The molecule has 0 radical (unpaired) electrons. The van der Waals surface area contributed by atoms with E-state index < -0.39 is 0 Å². The predicted octanol–water partition coefficient (Wildman–Crippen LogP) is 0.600. The Balaban J connectivity index is 2.06. The van der Waals surface area contributed by atoms with E-state index in [1.165, 1.54) is 0 Å². The Hall–Kier alpha value is -1.32. The highest BCUT2D eigenvalue weighted by atomic mass is 16.5. The van der Waals surface area contributed by atoms with Crippen LogP contribution in [0.4, 0.5) is 5.95 Å². The van der Waals surface area contributed by atoms with Crippen molar-refractivity contribution in [2.24, 2.45) is 0 Å². The molecule has 0 bridgehead atoms. The number of hydrogen-bond acceptors (Lipinski definition) is 4. The number of nitrogen functional groups attached to an aromatic ring is 1. The molecule has 4 nitrogen and oxygen atoms in total. The van der Waals surface area contributed by atoms with Gasteiger partial charge in [-0.3, -0.25) is 0 Å². The molecule has 0 saturated heterocycles. The summed E-state index contributed by atoms with van der Waals surface area (Å²) in [5.74, 6) is 0.995. The Labute approximate surface area is 64.4 Å². The van der Waals surface area contributed by atoms with Gasteiger partial charge < -0.3 is 10.5 Å². The fourth-order valence-corrected chi connectivity index (χ4v) is 0.765. The lowest BCUT2D eigenvalue weighted by Gasteiger charge is -2.01. The quantitative estimate of drug-likeness (QED) is 0.672. The van der Waals surface area contributed by atoms with Crippen LogP contribution in [0.25, 0.3) is 0 Å². The van der Waals surface area contributed by atoms with Gasteiger partial charge in [-0.05, 0) is 12.8 Å². The van der Waals surface area contributed by atoms with Crippen molar-refractivity contribution < 1.29 is 4.74 Å². The largest absolute Gasteiger partial charge is 0.487 e. The zero-order valence-electron chi connectivity index (χ0n) is 6.03. The molecule has 0 unspecified atom stereocenters. The normalized spacial score (nSPS) is 16.4. The van der Waals surface area contributed by atoms with Crippen molar-refractivity contribution >= 4 is 5.95 Å². The molecule has 2 N–H and O–H groups in total. The Kier molecular flexibility index (Phi) is 1.38. The van der Waals surface area contributed by atoms with Crippen LogP contribution in [0.2, 0.25) is 0 Å². The number of nitrogens with zero attached hydrogens (tertiary/aromatic N) is 2. The van der Waals surface area contributed by atoms with Crippen molar-refractivity contribution in [2.75, 3.05) is 5.73 Å². The zero-order chi connectivity index (χ0) is 7.68. The Morgan fingerprint density at radius 1 is 1.36 bits per heavy atom. The molecule has 1 aliphatic rings. The fraction of sp³-hybridized carbons (Fsp3) is 0.429. The van der Waals surface area contributed by atoms with Crippen LogP contribution in [0, 0.1) is 0 Å². The SMILES string of the molecule is Nc1ncc(OC2CC2)cn1. The van der Waals surface area contributed by atoms with E-state index in [0.29, 0.717) is 11.9 Å². The lowest BCUT2D eigenvalue weighted by Crippen LogP contribution is -1.99. The molecule has 1 aliphatic carbocycles. The van der Waals surface area contributed by atoms with Crippen LogP contribution in [0.1, 0.15) is 12.8 Å². The van der Waals surface area contributed by atoms with Gasteiger partial charge in [-0.1, -0.05) is 0 Å². The van der Waals surface area contributed by atoms with Gasteiger partial charge in [0.1, 0.15) is 0 Å². The van der Waals surface area contributed by atoms with Crippen molar-refractivity contribution in [1.82, 2.24) is 9.97 Å². The first kappa shape index (κ1) is 6.39. The smallest absolute Gasteiger partial charge is 0.220 e. The molecule has 1 heterocycles. The fourth-order valence-electron chi connectivity index (χ4n) is 0.765. The summed E-state index contributed by atoms with van der Waals surface area (Å²) in [7, 11) is 0. The predicted molar refractivity (Wildman–Crippen MR) is 40.1 cm³/mol. The van der Waals surface area contributed by atoms with Crippen molar-refractivity contribution in [3.8, 4) is 5.75 Å². The summed E-state index contributed by atoms with van der Waals surface area (Å²) in [6.07, 6.45) is 5.87. The number of hydrogen-bond donors (Lipinski definition) is 1. The molecule has 0 amide bonds. The average Bonchev–Trinajstić information content (AvgIpc) is 2.78. The standard InChI is InChI=1S/C7H9N3O/c8-7-9-3-6(4-10-7)11-5-1-2-5/h3-5H,1-2H2,(H2,8,9,10). The molecule has 1 aromatic heterocycles. The van der Waals surface area contributed by atoms with Crippen LogP contribution in [0.5, 0.6) is 5.75 Å². The average molecular weight is 151 g/mol. The Bertz CT molecular complexity index is 242. The van der Waals surface area contributed by atoms with E-state index in [9.17, 15) is 0 Å². The van der Waals surface area contributed by atoms with Gasteiger partial charge in [0.25, 0.3) is 0 Å². The third kappa shape index (κ3) is 1.58. The minimum Gasteiger partial charge on any atom is -0.487 e. The van der Waals surface area contributed by atoms with Crippen LogP contribution in [-0.4, -0.2) is 16.1 Å². The van der Waals surface area contributed by atoms with Gasteiger partial charge in [-0.25, -0.2) is 9.97 Å². The molecule has 0 atom stereocenters. The lowest BCUT2D eigenvalue weighted by molar-refractivity contribution is 0.301. The van der Waals surface area contributed by atoms with Crippen molar-refractivity contribution in [2.45, 2.75) is 18.9 Å². The van der Waals surface area contributed by atoms with Crippen LogP contribution < -0.4 is 10.5 Å². The van der Waals surface area contributed by atoms with E-state index in [2.05, 4.69) is 9.97 Å². The molecule has 11 heavy (non-hydrogen) atoms. The summed E-state index contributed by atoms with van der Waals surface area (Å²) >= 11 is 0. The minimum absolute atomic E-state index is 0.285. The molecule has 1 fully saturated rings. The highest BCUT2D eigenvalue weighted by Gasteiger charge is 2.23. The van der Waals surface area contributed by atoms with Gasteiger partial charge >= 0.3 is 0 Å². The zero-order valence-corrected chi connectivity index (χ0v) is 6.03. The summed E-state index contributed by atoms with van der Waals surface area (Å²) < 4.78 is 5.40. The first-order valence-electron chi connectivity index (χ1n) is 3.59. The van der Waals surface area contributed by atoms with Crippen molar-refractivity contribution in [3.05, 3.63) is 12.4 Å². The second-order valence-electron chi connectivity index (χ2n) is 2.59. The van der Waals surface area contributed by atoms with E-state index in [1.807, 2.05) is 0 Å². The molecule has 1 aromatic rings. The van der Waals surface area contributed by atoms with Crippen molar-refractivity contribution in [1.29, 1.82) is 0 Å². The molecule has 2 rings (SSSR count). The first-order valence-corrected chi connectivity index (χ1v) is 3.59. The van der Waals surface area contributed by atoms with Crippen LogP contribution in [0.3, 0.4) is 0 Å². The third-order valence-electron chi connectivity index (χ3n) is 1.48. The molecule has 0 aromatic carbocycles. The summed E-state index contributed by atoms with van der Waals surface area (Å²) in [6.45, 7) is 0. The van der Waals surface area contributed by atoms with Gasteiger partial charge in [0.05, 0.1) is 18.5 Å². The van der Waals surface area contributed by atoms with Crippen molar-refractivity contribution in [3.63, 3.8) is 0 Å². The van der Waals surface area contributed by atoms with E-state index in [4.69, 9.17) is 10.5 Å². The van der Waals surface area contributed by atoms with Gasteiger partial charge in [0.2, 0.25) is 5.95 Å². The maximum Gasteiger partial charge on any atom is 0.220 e. The second-order valence-corrected chi connectivity index (χ2v) is 2.59. The van der Waals surface area contributed by atoms with E-state index in [1.54, 1.807) is 12.4 Å². The molecule has 4 heteroatoms. The Morgan fingerprint density at radius 3 is 2.55 bits per heavy atom. The van der Waals surface area contributed by atoms with Crippen LogP contribution >= 0.6 is 0 Å². The number of anilines is 1. The summed E-state index contributed by atoms with van der Waals surface area (Å²) in [5.41, 5.74) is 5.30. The lowest BCUT2D eigenvalue weighted by atomic mass is 10.6. The molecule has 0 spiro atoms.